The van der Waals surface area contributed by atoms with Crippen molar-refractivity contribution in [1.29, 1.82) is 0 Å². The van der Waals surface area contributed by atoms with Gasteiger partial charge in [-0.1, -0.05) is 31.3 Å². The lowest BCUT2D eigenvalue weighted by Crippen LogP contribution is -2.24. The molecular weight excluding hydrogens is 425 g/mol. The summed E-state index contributed by atoms with van der Waals surface area (Å²) in [5.74, 6) is -0.311. The van der Waals surface area contributed by atoms with Crippen LogP contribution in [0, 0.1) is 5.82 Å². The number of thiazole rings is 1. The number of ketones is 1. The highest BCUT2D eigenvalue weighted by Gasteiger charge is 2.15. The molecule has 0 unspecified atom stereocenters. The second-order valence-electron chi connectivity index (χ2n) is 7.83. The maximum Gasteiger partial charge on any atom is 0.195 e. The molecule has 0 atom stereocenters. The molecule has 2 aromatic heterocycles. The fourth-order valence-corrected chi connectivity index (χ4v) is 4.97. The monoisotopic (exact) mass is 451 g/mol. The van der Waals surface area contributed by atoms with Gasteiger partial charge in [-0.25, -0.2) is 9.37 Å². The number of hydrogen-bond acceptors (Lipinski definition) is 5. The van der Waals surface area contributed by atoms with Gasteiger partial charge in [-0.05, 0) is 62.8 Å². The highest BCUT2D eigenvalue weighted by molar-refractivity contribution is 7.23. The molecule has 0 aliphatic rings. The van der Waals surface area contributed by atoms with Crippen molar-refractivity contribution in [3.05, 3.63) is 59.5 Å². The number of aldehydes is 1. The van der Waals surface area contributed by atoms with Gasteiger partial charge in [-0.15, -0.1) is 0 Å². The van der Waals surface area contributed by atoms with E-state index >= 15 is 0 Å². The SMILES string of the molecule is CCN(CC)CCCCC(=O)c1ccc2c(c1)sc1nc(-c3ccc(C=O)cc3F)cn12. The number of hydrogen-bond donors (Lipinski definition) is 0. The predicted octanol–water partition coefficient (Wildman–Crippen LogP) is 5.86. The summed E-state index contributed by atoms with van der Waals surface area (Å²) >= 11 is 1.47. The molecule has 0 fully saturated rings. The number of Topliss-reactive ketones (excluding diaryl/α,β-unsaturated/α-hetero) is 1. The van der Waals surface area contributed by atoms with Crippen LogP contribution in [0.1, 0.15) is 53.8 Å². The molecule has 166 valence electrons. The zero-order valence-corrected chi connectivity index (χ0v) is 19.1. The maximum atomic E-state index is 14.4. The molecule has 0 saturated heterocycles. The van der Waals surface area contributed by atoms with Crippen molar-refractivity contribution in [2.24, 2.45) is 0 Å². The molecule has 4 aromatic rings. The number of unbranched alkanes of at least 4 members (excludes halogenated alkanes) is 1. The summed E-state index contributed by atoms with van der Waals surface area (Å²) in [5, 5.41) is 0. The molecule has 7 heteroatoms. The first kappa shape index (κ1) is 22.3. The number of aromatic nitrogens is 2. The molecule has 0 saturated carbocycles. The number of carbonyl (C=O) groups excluding carboxylic acids is 2. The van der Waals surface area contributed by atoms with E-state index in [9.17, 15) is 14.0 Å². The fourth-order valence-electron chi connectivity index (χ4n) is 3.92. The second-order valence-corrected chi connectivity index (χ2v) is 8.84. The van der Waals surface area contributed by atoms with Crippen LogP contribution in [-0.4, -0.2) is 46.0 Å². The lowest BCUT2D eigenvalue weighted by Gasteiger charge is -2.17. The van der Waals surface area contributed by atoms with E-state index in [1.54, 1.807) is 18.3 Å². The van der Waals surface area contributed by atoms with Crippen molar-refractivity contribution in [1.82, 2.24) is 14.3 Å². The first-order valence-corrected chi connectivity index (χ1v) is 11.8. The molecule has 0 aliphatic carbocycles. The minimum Gasteiger partial charge on any atom is -0.304 e. The van der Waals surface area contributed by atoms with Crippen LogP contribution in [0.5, 0.6) is 0 Å². The Morgan fingerprint density at radius 3 is 2.69 bits per heavy atom. The van der Waals surface area contributed by atoms with Gasteiger partial charge in [0.05, 0.1) is 15.9 Å². The van der Waals surface area contributed by atoms with Gasteiger partial charge in [0.15, 0.2) is 10.7 Å². The van der Waals surface area contributed by atoms with E-state index in [0.29, 0.717) is 29.5 Å². The van der Waals surface area contributed by atoms with Gasteiger partial charge in [-0.3, -0.25) is 14.0 Å². The Morgan fingerprint density at radius 2 is 1.97 bits per heavy atom. The van der Waals surface area contributed by atoms with Gasteiger partial charge in [0.1, 0.15) is 12.1 Å². The smallest absolute Gasteiger partial charge is 0.195 e. The quantitative estimate of drug-likeness (QED) is 0.172. The molecule has 0 N–H and O–H groups in total. The Bertz CT molecular complexity index is 1270. The Hall–Kier alpha value is -2.90. The number of halogens is 1. The Kier molecular flexibility index (Phi) is 6.77. The van der Waals surface area contributed by atoms with Crippen molar-refractivity contribution in [2.75, 3.05) is 19.6 Å². The number of nitrogens with zero attached hydrogens (tertiary/aromatic N) is 3. The fraction of sp³-hybridized carbons (Fsp3) is 0.320. The van der Waals surface area contributed by atoms with E-state index in [0.717, 1.165) is 53.2 Å². The van der Waals surface area contributed by atoms with Crippen LogP contribution >= 0.6 is 11.3 Å². The van der Waals surface area contributed by atoms with Gasteiger partial charge < -0.3 is 4.90 Å². The topological polar surface area (TPSA) is 54.7 Å². The first-order chi connectivity index (χ1) is 15.5. The third kappa shape index (κ3) is 4.49. The summed E-state index contributed by atoms with van der Waals surface area (Å²) in [7, 11) is 0. The second kappa shape index (κ2) is 9.71. The molecule has 4 rings (SSSR count). The van der Waals surface area contributed by atoms with E-state index in [2.05, 4.69) is 23.7 Å². The van der Waals surface area contributed by atoms with Crippen molar-refractivity contribution in [3.63, 3.8) is 0 Å². The van der Waals surface area contributed by atoms with Crippen LogP contribution < -0.4 is 0 Å². The van der Waals surface area contributed by atoms with E-state index in [1.807, 2.05) is 22.6 Å². The summed E-state index contributed by atoms with van der Waals surface area (Å²) < 4.78 is 17.3. The largest absolute Gasteiger partial charge is 0.304 e. The van der Waals surface area contributed by atoms with E-state index in [-0.39, 0.29) is 5.78 Å². The molecule has 0 radical (unpaired) electrons. The highest BCUT2D eigenvalue weighted by atomic mass is 32.1. The molecule has 2 aromatic carbocycles. The highest BCUT2D eigenvalue weighted by Crippen LogP contribution is 2.31. The molecule has 0 bridgehead atoms. The molecular formula is C25H26FN3O2S. The summed E-state index contributed by atoms with van der Waals surface area (Å²) in [6, 6.07) is 10.1. The van der Waals surface area contributed by atoms with Gasteiger partial charge in [0, 0.05) is 29.3 Å². The molecule has 5 nitrogen and oxygen atoms in total. The third-order valence-corrected chi connectivity index (χ3v) is 6.86. The number of rotatable bonds is 10. The number of benzene rings is 2. The molecule has 0 aliphatic heterocycles. The third-order valence-electron chi connectivity index (χ3n) is 5.84. The summed E-state index contributed by atoms with van der Waals surface area (Å²) in [5.41, 5.74) is 2.83. The minimum atomic E-state index is -0.474. The van der Waals surface area contributed by atoms with Gasteiger partial charge >= 0.3 is 0 Å². The maximum absolute atomic E-state index is 14.4. The predicted molar refractivity (Wildman–Crippen MR) is 127 cm³/mol. The van der Waals surface area contributed by atoms with Crippen LogP contribution in [0.2, 0.25) is 0 Å². The van der Waals surface area contributed by atoms with Crippen LogP contribution in [-0.2, 0) is 0 Å². The van der Waals surface area contributed by atoms with Crippen LogP contribution in [0.4, 0.5) is 4.39 Å². The number of fused-ring (bicyclic) bond motifs is 3. The van der Waals surface area contributed by atoms with Crippen molar-refractivity contribution in [2.45, 2.75) is 33.1 Å². The lowest BCUT2D eigenvalue weighted by atomic mass is 10.1. The van der Waals surface area contributed by atoms with Crippen LogP contribution in [0.3, 0.4) is 0 Å². The van der Waals surface area contributed by atoms with Gasteiger partial charge in [-0.2, -0.15) is 0 Å². The Balaban J connectivity index is 1.51. The van der Waals surface area contributed by atoms with Gasteiger partial charge in [0.25, 0.3) is 0 Å². The normalized spacial score (nSPS) is 11.6. The Morgan fingerprint density at radius 1 is 1.16 bits per heavy atom. The zero-order valence-electron chi connectivity index (χ0n) is 18.3. The average Bonchev–Trinajstić information content (AvgIpc) is 3.36. The lowest BCUT2D eigenvalue weighted by molar-refractivity contribution is 0.0978. The van der Waals surface area contributed by atoms with Crippen LogP contribution in [0.15, 0.2) is 42.6 Å². The minimum absolute atomic E-state index is 0.163. The standard InChI is InChI=1S/C25H26FN3O2S/c1-3-28(4-2)12-6-5-7-23(31)18-9-11-22-24(14-18)32-25-27-21(15-29(22)25)19-10-8-17(16-30)13-20(19)26/h8-11,13-16H,3-7,12H2,1-2H3. The Labute approximate surface area is 190 Å². The van der Waals surface area contributed by atoms with E-state index < -0.39 is 5.82 Å². The van der Waals surface area contributed by atoms with Crippen molar-refractivity contribution in [3.8, 4) is 11.3 Å². The van der Waals surface area contributed by atoms with Crippen LogP contribution in [0.25, 0.3) is 26.4 Å². The molecule has 2 heterocycles. The average molecular weight is 452 g/mol. The van der Waals surface area contributed by atoms with E-state index in [4.69, 9.17) is 0 Å². The van der Waals surface area contributed by atoms with Crippen molar-refractivity contribution >= 4 is 38.6 Å². The molecule has 32 heavy (non-hydrogen) atoms. The van der Waals surface area contributed by atoms with Gasteiger partial charge in [0.2, 0.25) is 0 Å². The van der Waals surface area contributed by atoms with Crippen molar-refractivity contribution < 1.29 is 14.0 Å². The molecule has 0 spiro atoms. The van der Waals surface area contributed by atoms with E-state index in [1.165, 1.54) is 17.4 Å². The zero-order chi connectivity index (χ0) is 22.7. The number of carbonyl (C=O) groups is 2. The summed E-state index contributed by atoms with van der Waals surface area (Å²) in [6.07, 6.45) is 4.88. The number of imidazole rings is 1. The summed E-state index contributed by atoms with van der Waals surface area (Å²) in [6.45, 7) is 7.43. The summed E-state index contributed by atoms with van der Waals surface area (Å²) in [4.78, 5) is 31.2. The first-order valence-electron chi connectivity index (χ1n) is 11.0. The molecule has 0 amide bonds.